The second-order valence-corrected chi connectivity index (χ2v) is 6.25. The van der Waals surface area contributed by atoms with Crippen molar-refractivity contribution in [3.05, 3.63) is 0 Å². The summed E-state index contributed by atoms with van der Waals surface area (Å²) < 4.78 is 5.38. The van der Waals surface area contributed by atoms with Crippen LogP contribution in [0.4, 0.5) is 0 Å². The van der Waals surface area contributed by atoms with Gasteiger partial charge in [-0.25, -0.2) is 0 Å². The van der Waals surface area contributed by atoms with Gasteiger partial charge in [0.1, 0.15) is 0 Å². The number of carbonyl (C=O) groups is 1. The van der Waals surface area contributed by atoms with Gasteiger partial charge in [-0.1, -0.05) is 20.8 Å². The van der Waals surface area contributed by atoms with Gasteiger partial charge in [-0.15, -0.1) is 0 Å². The largest absolute Gasteiger partial charge is 0.377 e. The van der Waals surface area contributed by atoms with Gasteiger partial charge in [0.15, 0.2) is 0 Å². The molecule has 2 atom stereocenters. The Labute approximate surface area is 118 Å². The fraction of sp³-hybridized carbons (Fsp3) is 0.933. The van der Waals surface area contributed by atoms with Crippen LogP contribution in [0.5, 0.6) is 0 Å². The summed E-state index contributed by atoms with van der Waals surface area (Å²) >= 11 is 0. The highest BCUT2D eigenvalue weighted by atomic mass is 16.5. The summed E-state index contributed by atoms with van der Waals surface area (Å²) in [7, 11) is 0. The van der Waals surface area contributed by atoms with Gasteiger partial charge in [-0.3, -0.25) is 4.79 Å². The Hall–Kier alpha value is -0.610. The predicted molar refractivity (Wildman–Crippen MR) is 79.9 cm³/mol. The third kappa shape index (κ3) is 9.00. The van der Waals surface area contributed by atoms with Crippen LogP contribution in [0.3, 0.4) is 0 Å². The monoisotopic (exact) mass is 272 g/mol. The number of hydrogen-bond acceptors (Lipinski definition) is 3. The van der Waals surface area contributed by atoms with Crippen LogP contribution in [0.25, 0.3) is 0 Å². The van der Waals surface area contributed by atoms with Crippen LogP contribution in [0.1, 0.15) is 53.9 Å². The molecular formula is C15H32N2O2. The normalized spacial score (nSPS) is 15.1. The summed E-state index contributed by atoms with van der Waals surface area (Å²) in [5, 5.41) is 2.92. The van der Waals surface area contributed by atoms with Crippen molar-refractivity contribution in [1.82, 2.24) is 5.32 Å². The lowest BCUT2D eigenvalue weighted by molar-refractivity contribution is -0.122. The van der Waals surface area contributed by atoms with Crippen molar-refractivity contribution in [1.29, 1.82) is 0 Å². The van der Waals surface area contributed by atoms with E-state index in [1.165, 1.54) is 0 Å². The van der Waals surface area contributed by atoms with Crippen molar-refractivity contribution in [3.63, 3.8) is 0 Å². The SMILES string of the molecule is CCOC(C)CNC(=O)CCC(CCN)C(C)(C)C. The van der Waals surface area contributed by atoms with Gasteiger partial charge < -0.3 is 15.8 Å². The van der Waals surface area contributed by atoms with E-state index in [1.54, 1.807) is 0 Å². The van der Waals surface area contributed by atoms with Crippen LogP contribution >= 0.6 is 0 Å². The van der Waals surface area contributed by atoms with Gasteiger partial charge in [0.05, 0.1) is 6.10 Å². The molecule has 0 heterocycles. The summed E-state index contributed by atoms with van der Waals surface area (Å²) in [6.07, 6.45) is 2.53. The number of nitrogens with two attached hydrogens (primary N) is 1. The maximum atomic E-state index is 11.8. The zero-order valence-electron chi connectivity index (χ0n) is 13.3. The van der Waals surface area contributed by atoms with E-state index in [4.69, 9.17) is 10.5 Å². The van der Waals surface area contributed by atoms with E-state index in [1.807, 2.05) is 13.8 Å². The second kappa shape index (κ2) is 9.32. The van der Waals surface area contributed by atoms with E-state index >= 15 is 0 Å². The molecule has 3 N–H and O–H groups in total. The molecule has 0 aliphatic rings. The average molecular weight is 272 g/mol. The molecule has 0 aliphatic heterocycles. The number of amides is 1. The Morgan fingerprint density at radius 3 is 2.42 bits per heavy atom. The minimum atomic E-state index is 0.0800. The van der Waals surface area contributed by atoms with Crippen LogP contribution in [0, 0.1) is 11.3 Å². The molecule has 1 amide bonds. The standard InChI is InChI=1S/C15H32N2O2/c1-6-19-12(2)11-17-14(18)8-7-13(9-10-16)15(3,4)5/h12-13H,6-11,16H2,1-5H3,(H,17,18). The molecular weight excluding hydrogens is 240 g/mol. The van der Waals surface area contributed by atoms with Crippen LogP contribution in [-0.2, 0) is 9.53 Å². The summed E-state index contributed by atoms with van der Waals surface area (Å²) in [6, 6.07) is 0. The Bertz CT molecular complexity index is 249. The molecule has 0 aromatic rings. The van der Waals surface area contributed by atoms with Gasteiger partial charge in [0.25, 0.3) is 0 Å². The van der Waals surface area contributed by atoms with Crippen molar-refractivity contribution >= 4 is 5.91 Å². The summed E-state index contributed by atoms with van der Waals surface area (Å²) in [4.78, 5) is 11.8. The fourth-order valence-corrected chi connectivity index (χ4v) is 2.21. The number of ether oxygens (including phenoxy) is 1. The molecule has 0 bridgehead atoms. The number of hydrogen-bond donors (Lipinski definition) is 2. The molecule has 0 fully saturated rings. The second-order valence-electron chi connectivity index (χ2n) is 6.25. The third-order valence-corrected chi connectivity index (χ3v) is 3.50. The van der Waals surface area contributed by atoms with Gasteiger partial charge in [0, 0.05) is 19.6 Å². The summed E-state index contributed by atoms with van der Waals surface area (Å²) in [5.41, 5.74) is 5.85. The van der Waals surface area contributed by atoms with E-state index in [0.29, 0.717) is 32.0 Å². The van der Waals surface area contributed by atoms with E-state index in [2.05, 4.69) is 26.1 Å². The molecule has 2 unspecified atom stereocenters. The van der Waals surface area contributed by atoms with Crippen LogP contribution in [0.15, 0.2) is 0 Å². The maximum Gasteiger partial charge on any atom is 0.220 e. The first kappa shape index (κ1) is 18.4. The lowest BCUT2D eigenvalue weighted by Gasteiger charge is -2.30. The highest BCUT2D eigenvalue weighted by Crippen LogP contribution is 2.31. The van der Waals surface area contributed by atoms with Gasteiger partial charge in [-0.2, -0.15) is 0 Å². The first-order chi connectivity index (χ1) is 8.81. The molecule has 0 saturated carbocycles. The molecule has 0 saturated heterocycles. The van der Waals surface area contributed by atoms with Gasteiger partial charge >= 0.3 is 0 Å². The molecule has 0 rings (SSSR count). The molecule has 4 nitrogen and oxygen atoms in total. The number of carbonyl (C=O) groups excluding carboxylic acids is 1. The Morgan fingerprint density at radius 1 is 1.32 bits per heavy atom. The van der Waals surface area contributed by atoms with Crippen molar-refractivity contribution in [2.75, 3.05) is 19.7 Å². The molecule has 114 valence electrons. The minimum absolute atomic E-state index is 0.0800. The summed E-state index contributed by atoms with van der Waals surface area (Å²) in [5.74, 6) is 0.602. The molecule has 4 heteroatoms. The molecule has 0 aromatic heterocycles. The van der Waals surface area contributed by atoms with Crippen molar-refractivity contribution in [2.45, 2.75) is 60.0 Å². The third-order valence-electron chi connectivity index (χ3n) is 3.50. The van der Waals surface area contributed by atoms with Crippen molar-refractivity contribution in [3.8, 4) is 0 Å². The first-order valence-electron chi connectivity index (χ1n) is 7.39. The Morgan fingerprint density at radius 2 is 1.95 bits per heavy atom. The van der Waals surface area contributed by atoms with Crippen LogP contribution < -0.4 is 11.1 Å². The Kier molecular flexibility index (Phi) is 9.02. The first-order valence-corrected chi connectivity index (χ1v) is 7.39. The van der Waals surface area contributed by atoms with E-state index < -0.39 is 0 Å². The highest BCUT2D eigenvalue weighted by molar-refractivity contribution is 5.75. The van der Waals surface area contributed by atoms with E-state index in [0.717, 1.165) is 12.8 Å². The number of rotatable bonds is 9. The molecule has 0 aliphatic carbocycles. The van der Waals surface area contributed by atoms with E-state index in [9.17, 15) is 4.79 Å². The molecule has 0 spiro atoms. The lowest BCUT2D eigenvalue weighted by atomic mass is 9.76. The van der Waals surface area contributed by atoms with Crippen molar-refractivity contribution in [2.24, 2.45) is 17.1 Å². The Balaban J connectivity index is 3.99. The van der Waals surface area contributed by atoms with Crippen LogP contribution in [-0.4, -0.2) is 31.7 Å². The maximum absolute atomic E-state index is 11.8. The average Bonchev–Trinajstić information content (AvgIpc) is 2.30. The van der Waals surface area contributed by atoms with Crippen LogP contribution in [0.2, 0.25) is 0 Å². The molecule has 0 radical (unpaired) electrons. The summed E-state index contributed by atoms with van der Waals surface area (Å²) in [6.45, 7) is 12.5. The van der Waals surface area contributed by atoms with Gasteiger partial charge in [-0.05, 0) is 44.6 Å². The zero-order chi connectivity index (χ0) is 14.9. The highest BCUT2D eigenvalue weighted by Gasteiger charge is 2.24. The molecule has 19 heavy (non-hydrogen) atoms. The van der Waals surface area contributed by atoms with Gasteiger partial charge in [0.2, 0.25) is 5.91 Å². The smallest absolute Gasteiger partial charge is 0.220 e. The van der Waals surface area contributed by atoms with E-state index in [-0.39, 0.29) is 17.4 Å². The topological polar surface area (TPSA) is 64.3 Å². The fourth-order valence-electron chi connectivity index (χ4n) is 2.21. The number of nitrogens with one attached hydrogen (secondary N) is 1. The van der Waals surface area contributed by atoms with Crippen molar-refractivity contribution < 1.29 is 9.53 Å². The lowest BCUT2D eigenvalue weighted by Crippen LogP contribution is -2.33. The predicted octanol–water partition coefficient (Wildman–Crippen LogP) is 2.32. The zero-order valence-corrected chi connectivity index (χ0v) is 13.3. The quantitative estimate of drug-likeness (QED) is 0.677. The minimum Gasteiger partial charge on any atom is -0.377 e. The molecule has 0 aromatic carbocycles.